The molecule has 15 heteroatoms. The molecule has 0 aliphatic heterocycles. The van der Waals surface area contributed by atoms with E-state index in [2.05, 4.69) is 10.3 Å². The van der Waals surface area contributed by atoms with Gasteiger partial charge in [0, 0.05) is 22.8 Å². The van der Waals surface area contributed by atoms with E-state index in [0.717, 1.165) is 12.3 Å². The number of pyridine rings is 1. The zero-order chi connectivity index (χ0) is 32.8. The zero-order valence-corrected chi connectivity index (χ0v) is 24.5. The molecule has 2 amide bonds. The van der Waals surface area contributed by atoms with Gasteiger partial charge in [-0.15, -0.1) is 0 Å². The molecule has 0 unspecified atom stereocenters. The standard InChI is InChI=1S/C30H27ClF5N5O4/c1-45-21-7-13(6-14(24(21)37)11-39-28(35)36)26(42)40-12-30(44,15-2-3-15)22-9-17(29(4-5-29)27(38)43)23(34)25(41-22)16-8-18(31)20(33)10-19(16)32/h6-11,15,28,37,39,44H,2-5,12H2,1H3,(H2,38,43)(H,40,42)/p+1/b14-11-,37-24?/t30-/m1/s1. The van der Waals surface area contributed by atoms with Crippen LogP contribution in [0.15, 0.2) is 53.5 Å². The summed E-state index contributed by atoms with van der Waals surface area (Å²) in [5.41, 5.74) is 0.318. The van der Waals surface area contributed by atoms with Gasteiger partial charge in [-0.25, -0.2) is 18.2 Å². The van der Waals surface area contributed by atoms with Crippen LogP contribution < -0.4 is 16.4 Å². The number of rotatable bonds is 11. The summed E-state index contributed by atoms with van der Waals surface area (Å²) < 4.78 is 75.6. The number of halogens is 6. The fourth-order valence-electron chi connectivity index (χ4n) is 5.31. The van der Waals surface area contributed by atoms with Crippen LogP contribution in [0.5, 0.6) is 0 Å². The highest BCUT2D eigenvalue weighted by molar-refractivity contribution is 6.31. The highest BCUT2D eigenvalue weighted by Gasteiger charge is 2.54. The molecule has 1 aromatic carbocycles. The number of allylic oxidation sites excluding steroid dienone is 2. The summed E-state index contributed by atoms with van der Waals surface area (Å²) in [6, 6.07) is 2.48. The van der Waals surface area contributed by atoms with Crippen molar-refractivity contribution in [2.45, 2.75) is 43.2 Å². The molecule has 2 saturated carbocycles. The van der Waals surface area contributed by atoms with Crippen molar-refractivity contribution in [2.24, 2.45) is 11.7 Å². The summed E-state index contributed by atoms with van der Waals surface area (Å²) in [5, 5.41) is 22.7. The van der Waals surface area contributed by atoms with Crippen LogP contribution in [0, 0.1) is 28.8 Å². The highest BCUT2D eigenvalue weighted by Crippen LogP contribution is 2.52. The molecular formula is C30H28ClF5N5O4+. The lowest BCUT2D eigenvalue weighted by Crippen LogP contribution is -2.82. The number of quaternary nitrogens is 1. The molecule has 3 aliphatic rings. The van der Waals surface area contributed by atoms with Gasteiger partial charge in [0.2, 0.25) is 5.91 Å². The third-order valence-electron chi connectivity index (χ3n) is 8.21. The molecule has 0 radical (unpaired) electrons. The number of amides is 2. The van der Waals surface area contributed by atoms with Crippen molar-refractivity contribution in [3.63, 3.8) is 0 Å². The van der Waals surface area contributed by atoms with Crippen LogP contribution in [0.25, 0.3) is 11.3 Å². The summed E-state index contributed by atoms with van der Waals surface area (Å²) in [6.07, 6.45) is 4.74. The van der Waals surface area contributed by atoms with E-state index in [9.17, 15) is 32.3 Å². The number of primary amides is 1. The predicted molar refractivity (Wildman–Crippen MR) is 151 cm³/mol. The average Bonchev–Trinajstić information content (AvgIpc) is 3.91. The lowest BCUT2D eigenvalue weighted by molar-refractivity contribution is -0.681. The minimum atomic E-state index is -2.80. The number of aliphatic hydroxyl groups is 1. The number of benzene rings is 1. The van der Waals surface area contributed by atoms with Crippen LogP contribution in [0.1, 0.15) is 36.9 Å². The van der Waals surface area contributed by atoms with Crippen molar-refractivity contribution >= 4 is 29.1 Å². The second-order valence-electron chi connectivity index (χ2n) is 11.1. The first-order valence-electron chi connectivity index (χ1n) is 13.8. The topological polar surface area (TPSA) is 155 Å². The number of nitrogens with one attached hydrogen (secondary N) is 2. The molecule has 3 aliphatic carbocycles. The largest absolute Gasteiger partial charge is 0.494 e. The second-order valence-corrected chi connectivity index (χ2v) is 11.5. The lowest BCUT2D eigenvalue weighted by atomic mass is 9.86. The Labute approximate surface area is 258 Å². The van der Waals surface area contributed by atoms with Gasteiger partial charge in [-0.1, -0.05) is 11.6 Å². The number of hydrogen-bond acceptors (Lipinski definition) is 6. The third kappa shape index (κ3) is 6.09. The first-order chi connectivity index (χ1) is 21.2. The van der Waals surface area contributed by atoms with Crippen LogP contribution in [0.3, 0.4) is 0 Å². The van der Waals surface area contributed by atoms with E-state index in [1.807, 2.05) is 0 Å². The molecule has 9 nitrogen and oxygen atoms in total. The Morgan fingerprint density at radius 3 is 2.51 bits per heavy atom. The average molecular weight is 653 g/mol. The van der Waals surface area contributed by atoms with Crippen LogP contribution in [0.4, 0.5) is 22.0 Å². The van der Waals surface area contributed by atoms with Gasteiger partial charge in [-0.05, 0) is 55.9 Å². The van der Waals surface area contributed by atoms with E-state index >= 15 is 4.39 Å². The van der Waals surface area contributed by atoms with Gasteiger partial charge in [0.1, 0.15) is 40.6 Å². The second kappa shape index (κ2) is 12.0. The number of nitrogens with two attached hydrogens (primary N) is 2. The number of methoxy groups -OCH3 is 1. The fourth-order valence-corrected chi connectivity index (χ4v) is 5.48. The van der Waals surface area contributed by atoms with Gasteiger partial charge in [-0.2, -0.15) is 8.78 Å². The molecule has 0 bridgehead atoms. The highest BCUT2D eigenvalue weighted by atomic mass is 35.5. The van der Waals surface area contributed by atoms with E-state index in [0.29, 0.717) is 24.2 Å². The first kappa shape index (κ1) is 32.3. The molecule has 0 saturated heterocycles. The van der Waals surface area contributed by atoms with E-state index < -0.39 is 75.6 Å². The predicted octanol–water partition coefficient (Wildman–Crippen LogP) is 3.21. The van der Waals surface area contributed by atoms with E-state index in [4.69, 9.17) is 27.5 Å². The summed E-state index contributed by atoms with van der Waals surface area (Å²) in [5.74, 6) is -5.54. The molecule has 45 heavy (non-hydrogen) atoms. The van der Waals surface area contributed by atoms with Crippen molar-refractivity contribution < 1.29 is 46.7 Å². The molecule has 1 atom stereocenters. The molecular weight excluding hydrogens is 625 g/mol. The molecule has 5 rings (SSSR count). The summed E-state index contributed by atoms with van der Waals surface area (Å²) in [7, 11) is 1.24. The number of hydrogen-bond donors (Lipinski definition) is 5. The Bertz CT molecular complexity index is 1700. The van der Waals surface area contributed by atoms with Crippen molar-refractivity contribution in [1.29, 1.82) is 5.41 Å². The molecule has 2 aromatic rings. The van der Waals surface area contributed by atoms with Crippen molar-refractivity contribution in [2.75, 3.05) is 13.7 Å². The van der Waals surface area contributed by atoms with Gasteiger partial charge >= 0.3 is 6.55 Å². The normalized spacial score (nSPS) is 19.6. The lowest BCUT2D eigenvalue weighted by Gasteiger charge is -2.30. The van der Waals surface area contributed by atoms with Gasteiger partial charge in [-0.3, -0.25) is 20.3 Å². The number of ether oxygens (including phenoxy) is 1. The van der Waals surface area contributed by atoms with Crippen molar-refractivity contribution in [3.05, 3.63) is 87.2 Å². The Morgan fingerprint density at radius 2 is 1.93 bits per heavy atom. The Morgan fingerprint density at radius 1 is 1.24 bits per heavy atom. The summed E-state index contributed by atoms with van der Waals surface area (Å²) in [4.78, 5) is 29.9. The molecule has 1 heterocycles. The minimum absolute atomic E-state index is 0.0205. The fraction of sp³-hybridized carbons (Fsp3) is 0.333. The van der Waals surface area contributed by atoms with E-state index in [-0.39, 0.29) is 46.7 Å². The first-order valence-corrected chi connectivity index (χ1v) is 14.2. The van der Waals surface area contributed by atoms with Gasteiger partial charge in [0.15, 0.2) is 5.82 Å². The maximum Gasteiger partial charge on any atom is 0.382 e. The number of carbonyl (C=O) groups excluding carboxylic acids is 2. The van der Waals surface area contributed by atoms with E-state index in [1.165, 1.54) is 25.3 Å². The zero-order valence-electron chi connectivity index (χ0n) is 23.7. The van der Waals surface area contributed by atoms with Crippen LogP contribution in [-0.4, -0.2) is 47.8 Å². The smallest absolute Gasteiger partial charge is 0.382 e. The molecule has 2 fully saturated rings. The Kier molecular flexibility index (Phi) is 8.59. The van der Waals surface area contributed by atoms with Gasteiger partial charge in [0.25, 0.3) is 5.91 Å². The van der Waals surface area contributed by atoms with Crippen LogP contribution in [0.2, 0.25) is 5.02 Å². The van der Waals surface area contributed by atoms with E-state index in [1.54, 1.807) is 0 Å². The van der Waals surface area contributed by atoms with Crippen molar-refractivity contribution in [3.8, 4) is 11.3 Å². The van der Waals surface area contributed by atoms with Gasteiger partial charge in [0.05, 0.1) is 35.4 Å². The number of aromatic nitrogens is 1. The number of carbonyl (C=O) groups is 2. The Balaban J connectivity index is 1.55. The quantitative estimate of drug-likeness (QED) is 0.143. The summed E-state index contributed by atoms with van der Waals surface area (Å²) >= 11 is 5.87. The SMILES string of the molecule is COC1=CC(C(=O)NC[C@](O)(c2cc(C3(C(N)=O)CC3)c(F)c(-c3cc(Cl)c(F)cc3F)n2)C2CC2)=C/C(=C/[NH2+]C(F)F)C1=N. The third-order valence-corrected chi connectivity index (χ3v) is 8.50. The minimum Gasteiger partial charge on any atom is -0.494 e. The molecule has 1 aromatic heterocycles. The molecule has 7 N–H and O–H groups in total. The van der Waals surface area contributed by atoms with Crippen molar-refractivity contribution in [1.82, 2.24) is 10.3 Å². The van der Waals surface area contributed by atoms with Crippen LogP contribution >= 0.6 is 11.6 Å². The summed E-state index contributed by atoms with van der Waals surface area (Å²) in [6.45, 7) is -3.29. The Hall–Kier alpha value is -4.14. The maximum absolute atomic E-state index is 16.0. The van der Waals surface area contributed by atoms with Crippen LogP contribution in [-0.2, 0) is 25.3 Å². The monoisotopic (exact) mass is 652 g/mol. The molecule has 0 spiro atoms. The maximum atomic E-state index is 16.0. The van der Waals surface area contributed by atoms with Gasteiger partial charge < -0.3 is 20.9 Å². The molecule has 238 valence electrons. The number of nitrogens with zero attached hydrogens (tertiary/aromatic N) is 1. The number of alkyl halides is 2.